The second kappa shape index (κ2) is 6.46. The number of nitrogens with zero attached hydrogens (tertiary/aromatic N) is 2. The Morgan fingerprint density at radius 2 is 1.69 bits per heavy atom. The summed E-state index contributed by atoms with van der Waals surface area (Å²) in [4.78, 5) is 32.8. The van der Waals surface area contributed by atoms with Crippen molar-refractivity contribution in [1.29, 1.82) is 0 Å². The van der Waals surface area contributed by atoms with Crippen LogP contribution >= 0.6 is 0 Å². The van der Waals surface area contributed by atoms with Gasteiger partial charge in [0, 0.05) is 6.54 Å². The Labute approximate surface area is 151 Å². The summed E-state index contributed by atoms with van der Waals surface area (Å²) in [5, 5.41) is 1.69. The van der Waals surface area contributed by atoms with E-state index in [9.17, 15) is 9.59 Å². The van der Waals surface area contributed by atoms with E-state index in [1.807, 2.05) is 54.6 Å². The second-order valence-electron chi connectivity index (χ2n) is 6.35. The van der Waals surface area contributed by atoms with Gasteiger partial charge in [0.1, 0.15) is 11.7 Å². The molecular weight excluding hydrogens is 332 g/mol. The Hall–Kier alpha value is -2.86. The Balaban J connectivity index is 1.78. The number of benzene rings is 2. The standard InChI is InChI=1S/C20H20N2O4/c1-3-21-19(23)16-17(13-9-11-15(25-2)12-10-13)22(26-18(16)20(21)24)14-7-5-4-6-8-14/h4-12,16-18H,3H2,1-2H3/t16-,17-,18+/m0/s1. The third kappa shape index (κ3) is 2.45. The molecule has 0 aliphatic carbocycles. The lowest BCUT2D eigenvalue weighted by atomic mass is 9.90. The summed E-state index contributed by atoms with van der Waals surface area (Å²) in [5.41, 5.74) is 1.72. The molecule has 2 aliphatic rings. The van der Waals surface area contributed by atoms with Crippen molar-refractivity contribution in [3.63, 3.8) is 0 Å². The number of likely N-dealkylation sites (tertiary alicyclic amines) is 1. The van der Waals surface area contributed by atoms with Gasteiger partial charge in [-0.3, -0.25) is 19.3 Å². The Morgan fingerprint density at radius 3 is 2.31 bits per heavy atom. The first kappa shape index (κ1) is 16.6. The third-order valence-electron chi connectivity index (χ3n) is 4.99. The van der Waals surface area contributed by atoms with E-state index in [1.54, 1.807) is 19.1 Å². The van der Waals surface area contributed by atoms with Gasteiger partial charge < -0.3 is 4.74 Å². The number of ether oxygens (including phenoxy) is 1. The van der Waals surface area contributed by atoms with Crippen LogP contribution < -0.4 is 9.80 Å². The normalized spacial score (nSPS) is 24.9. The van der Waals surface area contributed by atoms with Crippen LogP contribution in [0.3, 0.4) is 0 Å². The number of anilines is 1. The molecule has 26 heavy (non-hydrogen) atoms. The number of amides is 2. The topological polar surface area (TPSA) is 59.1 Å². The lowest BCUT2D eigenvalue weighted by Crippen LogP contribution is -2.37. The van der Waals surface area contributed by atoms with Crippen molar-refractivity contribution >= 4 is 17.5 Å². The van der Waals surface area contributed by atoms with E-state index in [2.05, 4.69) is 0 Å². The molecule has 0 unspecified atom stereocenters. The van der Waals surface area contributed by atoms with Crippen LogP contribution in [-0.4, -0.2) is 36.5 Å². The summed E-state index contributed by atoms with van der Waals surface area (Å²) in [5.74, 6) is -0.267. The number of hydrogen-bond donors (Lipinski definition) is 0. The molecule has 0 radical (unpaired) electrons. The zero-order valence-corrected chi connectivity index (χ0v) is 14.7. The SMILES string of the molecule is CCN1C(=O)[C@@H]2[C@@H](ON(c3ccccc3)[C@H]2c2ccc(OC)cc2)C1=O. The van der Waals surface area contributed by atoms with Crippen molar-refractivity contribution in [2.75, 3.05) is 18.7 Å². The molecule has 2 fully saturated rings. The molecule has 2 aliphatic heterocycles. The van der Waals surface area contributed by atoms with Gasteiger partial charge in [-0.15, -0.1) is 0 Å². The number of carbonyl (C=O) groups excluding carboxylic acids is 2. The van der Waals surface area contributed by atoms with Crippen molar-refractivity contribution in [1.82, 2.24) is 4.90 Å². The van der Waals surface area contributed by atoms with Gasteiger partial charge in [-0.2, -0.15) is 0 Å². The van der Waals surface area contributed by atoms with Gasteiger partial charge in [-0.25, -0.2) is 5.06 Å². The molecule has 2 aromatic rings. The maximum atomic E-state index is 12.9. The molecule has 2 aromatic carbocycles. The van der Waals surface area contributed by atoms with Crippen molar-refractivity contribution in [3.8, 4) is 5.75 Å². The van der Waals surface area contributed by atoms with Gasteiger partial charge in [-0.05, 0) is 36.8 Å². The number of rotatable bonds is 4. The van der Waals surface area contributed by atoms with Crippen LogP contribution in [0, 0.1) is 5.92 Å². The summed E-state index contributed by atoms with van der Waals surface area (Å²) in [6, 6.07) is 16.7. The molecule has 0 bridgehead atoms. The van der Waals surface area contributed by atoms with E-state index in [1.165, 1.54) is 4.90 Å². The highest BCUT2D eigenvalue weighted by molar-refractivity contribution is 6.07. The van der Waals surface area contributed by atoms with Gasteiger partial charge in [0.2, 0.25) is 5.91 Å². The van der Waals surface area contributed by atoms with Crippen LogP contribution in [0.25, 0.3) is 0 Å². The number of methoxy groups -OCH3 is 1. The Morgan fingerprint density at radius 1 is 1.00 bits per heavy atom. The smallest absolute Gasteiger partial charge is 0.261 e. The average Bonchev–Trinajstić information content (AvgIpc) is 3.19. The van der Waals surface area contributed by atoms with Gasteiger partial charge in [0.15, 0.2) is 6.10 Å². The zero-order valence-electron chi connectivity index (χ0n) is 14.7. The minimum Gasteiger partial charge on any atom is -0.497 e. The van der Waals surface area contributed by atoms with E-state index in [-0.39, 0.29) is 17.9 Å². The number of hydrogen-bond acceptors (Lipinski definition) is 5. The van der Waals surface area contributed by atoms with E-state index in [4.69, 9.17) is 9.57 Å². The minimum atomic E-state index is -0.783. The summed E-state index contributed by atoms with van der Waals surface area (Å²) in [6.07, 6.45) is -0.783. The summed E-state index contributed by atoms with van der Waals surface area (Å²) in [7, 11) is 1.61. The number of likely N-dealkylation sites (N-methyl/N-ethyl adjacent to an activating group) is 1. The van der Waals surface area contributed by atoms with Crippen molar-refractivity contribution < 1.29 is 19.2 Å². The number of fused-ring (bicyclic) bond motifs is 1. The molecule has 2 heterocycles. The Kier molecular flexibility index (Phi) is 4.12. The first-order valence-electron chi connectivity index (χ1n) is 8.66. The van der Waals surface area contributed by atoms with Crippen LogP contribution in [0.15, 0.2) is 54.6 Å². The molecule has 2 saturated heterocycles. The third-order valence-corrected chi connectivity index (χ3v) is 4.99. The van der Waals surface area contributed by atoms with Crippen molar-refractivity contribution in [2.24, 2.45) is 5.92 Å². The molecule has 6 heteroatoms. The molecular formula is C20H20N2O4. The number of hydroxylamine groups is 1. The van der Waals surface area contributed by atoms with E-state index < -0.39 is 12.0 Å². The van der Waals surface area contributed by atoms with Crippen LogP contribution in [0.4, 0.5) is 5.69 Å². The predicted molar refractivity (Wildman–Crippen MR) is 95.4 cm³/mol. The lowest BCUT2D eigenvalue weighted by Gasteiger charge is -2.28. The molecule has 3 atom stereocenters. The molecule has 4 rings (SSSR count). The van der Waals surface area contributed by atoms with E-state index in [0.717, 1.165) is 17.0 Å². The van der Waals surface area contributed by atoms with Crippen LogP contribution in [-0.2, 0) is 14.4 Å². The highest BCUT2D eigenvalue weighted by Crippen LogP contribution is 2.46. The maximum absolute atomic E-state index is 12.9. The van der Waals surface area contributed by atoms with E-state index >= 15 is 0 Å². The fraction of sp³-hybridized carbons (Fsp3) is 0.300. The molecule has 6 nitrogen and oxygen atoms in total. The maximum Gasteiger partial charge on any atom is 0.261 e. The summed E-state index contributed by atoms with van der Waals surface area (Å²) >= 11 is 0. The fourth-order valence-corrected chi connectivity index (χ4v) is 3.72. The number of imide groups is 1. The first-order valence-corrected chi connectivity index (χ1v) is 8.66. The van der Waals surface area contributed by atoms with Crippen molar-refractivity contribution in [3.05, 3.63) is 60.2 Å². The molecule has 0 spiro atoms. The number of para-hydroxylation sites is 1. The summed E-state index contributed by atoms with van der Waals surface area (Å²) in [6.45, 7) is 2.16. The van der Waals surface area contributed by atoms with Crippen LogP contribution in [0.5, 0.6) is 5.75 Å². The molecule has 0 aromatic heterocycles. The first-order chi connectivity index (χ1) is 12.7. The molecule has 2 amide bonds. The Bertz CT molecular complexity index is 821. The van der Waals surface area contributed by atoms with Crippen LogP contribution in [0.2, 0.25) is 0 Å². The monoisotopic (exact) mass is 352 g/mol. The summed E-state index contributed by atoms with van der Waals surface area (Å²) < 4.78 is 5.23. The molecule has 134 valence electrons. The van der Waals surface area contributed by atoms with Crippen molar-refractivity contribution in [2.45, 2.75) is 19.1 Å². The average molecular weight is 352 g/mol. The largest absolute Gasteiger partial charge is 0.497 e. The number of carbonyl (C=O) groups is 2. The van der Waals surface area contributed by atoms with Gasteiger partial charge in [0.25, 0.3) is 5.91 Å². The fourth-order valence-electron chi connectivity index (χ4n) is 3.72. The quantitative estimate of drug-likeness (QED) is 0.792. The predicted octanol–water partition coefficient (Wildman–Crippen LogP) is 2.56. The van der Waals surface area contributed by atoms with Gasteiger partial charge in [0.05, 0.1) is 18.8 Å². The highest BCUT2D eigenvalue weighted by atomic mass is 16.7. The minimum absolute atomic E-state index is 0.179. The zero-order chi connectivity index (χ0) is 18.3. The molecule has 0 N–H and O–H groups in total. The van der Waals surface area contributed by atoms with Crippen LogP contribution in [0.1, 0.15) is 18.5 Å². The van der Waals surface area contributed by atoms with Gasteiger partial charge in [-0.1, -0.05) is 30.3 Å². The highest BCUT2D eigenvalue weighted by Gasteiger charge is 2.59. The molecule has 0 saturated carbocycles. The van der Waals surface area contributed by atoms with E-state index in [0.29, 0.717) is 6.54 Å². The lowest BCUT2D eigenvalue weighted by molar-refractivity contribution is -0.142. The second-order valence-corrected chi connectivity index (χ2v) is 6.35. The van der Waals surface area contributed by atoms with Gasteiger partial charge >= 0.3 is 0 Å².